The highest BCUT2D eigenvalue weighted by Crippen LogP contribution is 2.24. The summed E-state index contributed by atoms with van der Waals surface area (Å²) >= 11 is 0. The number of amides is 1. The number of carbonyl (C=O) groups is 1. The van der Waals surface area contributed by atoms with Gasteiger partial charge >= 0.3 is 0 Å². The molecule has 0 spiro atoms. The van der Waals surface area contributed by atoms with Crippen molar-refractivity contribution in [1.29, 1.82) is 0 Å². The van der Waals surface area contributed by atoms with E-state index in [9.17, 15) is 9.18 Å². The van der Waals surface area contributed by atoms with E-state index >= 15 is 0 Å². The van der Waals surface area contributed by atoms with Crippen molar-refractivity contribution in [3.05, 3.63) is 59.7 Å². The molecule has 1 atom stereocenters. The van der Waals surface area contributed by atoms with Crippen LogP contribution < -0.4 is 5.32 Å². The van der Waals surface area contributed by atoms with Gasteiger partial charge in [-0.2, -0.15) is 0 Å². The van der Waals surface area contributed by atoms with Crippen LogP contribution in [0.15, 0.2) is 42.6 Å². The molecule has 1 saturated heterocycles. The van der Waals surface area contributed by atoms with Gasteiger partial charge in [-0.1, -0.05) is 6.07 Å². The number of halogens is 1. The van der Waals surface area contributed by atoms with Crippen LogP contribution in [0.1, 0.15) is 34.9 Å². The molecule has 122 valence electrons. The van der Waals surface area contributed by atoms with Crippen molar-refractivity contribution in [3.8, 4) is 0 Å². The number of hydrogen-bond donors (Lipinski definition) is 1. The maximum Gasteiger partial charge on any atom is 0.251 e. The quantitative estimate of drug-likeness (QED) is 0.921. The zero-order valence-corrected chi connectivity index (χ0v) is 13.3. The maximum atomic E-state index is 13.3. The third-order valence-corrected chi connectivity index (χ3v) is 4.45. The number of aromatic nitrogens is 1. The molecule has 0 bridgehead atoms. The molecule has 0 aliphatic carbocycles. The van der Waals surface area contributed by atoms with E-state index in [-0.39, 0.29) is 11.9 Å². The summed E-state index contributed by atoms with van der Waals surface area (Å²) in [5.74, 6) is -0.626. The minimum atomic E-state index is -0.392. The molecule has 0 unspecified atom stereocenters. The lowest BCUT2D eigenvalue weighted by Gasteiger charge is -2.28. The first-order chi connectivity index (χ1) is 11.1. The topological polar surface area (TPSA) is 37.3 Å². The first kappa shape index (κ1) is 15.7. The predicted molar refractivity (Wildman–Crippen MR) is 87.7 cm³/mol. The van der Waals surface area contributed by atoms with Crippen LogP contribution in [0.25, 0.3) is 0 Å². The molecule has 1 aliphatic heterocycles. The molecule has 23 heavy (non-hydrogen) atoms. The average molecular weight is 315 g/mol. The first-order valence-electron chi connectivity index (χ1n) is 8.04. The lowest BCUT2D eigenvalue weighted by Crippen LogP contribution is -2.37. The summed E-state index contributed by atoms with van der Waals surface area (Å²) < 4.78 is 15.4. The number of benzene rings is 1. The van der Waals surface area contributed by atoms with Gasteiger partial charge in [0.2, 0.25) is 0 Å². The van der Waals surface area contributed by atoms with Gasteiger partial charge < -0.3 is 9.88 Å². The molecule has 1 N–H and O–H groups in total. The first-order valence-corrected chi connectivity index (χ1v) is 8.04. The lowest BCUT2D eigenvalue weighted by atomic mass is 10.1. The second-order valence-electron chi connectivity index (χ2n) is 6.02. The predicted octanol–water partition coefficient (Wildman–Crippen LogP) is 2.73. The normalized spacial score (nSPS) is 16.4. The van der Waals surface area contributed by atoms with Crippen molar-refractivity contribution < 1.29 is 9.18 Å². The van der Waals surface area contributed by atoms with E-state index < -0.39 is 5.82 Å². The van der Waals surface area contributed by atoms with Gasteiger partial charge in [-0.05, 0) is 56.3 Å². The molecule has 1 aliphatic rings. The molecule has 2 heterocycles. The molecule has 1 aromatic heterocycles. The van der Waals surface area contributed by atoms with E-state index in [1.165, 1.54) is 30.7 Å². The highest BCUT2D eigenvalue weighted by atomic mass is 19.1. The molecule has 2 aromatic rings. The van der Waals surface area contributed by atoms with Crippen LogP contribution in [-0.4, -0.2) is 35.0 Å². The summed E-state index contributed by atoms with van der Waals surface area (Å²) in [7, 11) is 2.02. The Morgan fingerprint density at radius 3 is 2.70 bits per heavy atom. The summed E-state index contributed by atoms with van der Waals surface area (Å²) in [6.07, 6.45) is 4.41. The Hall–Kier alpha value is -2.14. The van der Waals surface area contributed by atoms with Gasteiger partial charge in [0.1, 0.15) is 5.82 Å². The van der Waals surface area contributed by atoms with Crippen molar-refractivity contribution in [1.82, 2.24) is 14.8 Å². The lowest BCUT2D eigenvalue weighted by molar-refractivity contribution is 0.0936. The number of carbonyl (C=O) groups excluding carboxylic acids is 1. The number of rotatable bonds is 5. The third-order valence-electron chi connectivity index (χ3n) is 4.45. The molecular weight excluding hydrogens is 293 g/mol. The second-order valence-corrected chi connectivity index (χ2v) is 6.02. The summed E-state index contributed by atoms with van der Waals surface area (Å²) in [6, 6.07) is 10.1. The average Bonchev–Trinajstić information content (AvgIpc) is 3.20. The molecular formula is C18H22FN3O. The van der Waals surface area contributed by atoms with Crippen LogP contribution in [-0.2, 0) is 7.05 Å². The Morgan fingerprint density at radius 1 is 1.26 bits per heavy atom. The molecule has 0 radical (unpaired) electrons. The van der Waals surface area contributed by atoms with Gasteiger partial charge in [0, 0.05) is 31.0 Å². The van der Waals surface area contributed by atoms with Gasteiger partial charge in [0.25, 0.3) is 5.91 Å². The number of hydrogen-bond acceptors (Lipinski definition) is 2. The van der Waals surface area contributed by atoms with Gasteiger partial charge in [-0.3, -0.25) is 9.69 Å². The summed E-state index contributed by atoms with van der Waals surface area (Å²) in [5.41, 5.74) is 1.54. The van der Waals surface area contributed by atoms with Crippen molar-refractivity contribution in [2.45, 2.75) is 18.9 Å². The van der Waals surface area contributed by atoms with Crippen LogP contribution >= 0.6 is 0 Å². The standard InChI is InChI=1S/C18H22FN3O/c1-21-9-5-8-16(21)17(22-10-2-3-11-22)13-20-18(23)14-6-4-7-15(19)12-14/h4-9,12,17H,2-3,10-11,13H2,1H3,(H,20,23)/t17-/m0/s1. The fraction of sp³-hybridized carbons (Fsp3) is 0.389. The number of aryl methyl sites for hydroxylation is 1. The van der Waals surface area contributed by atoms with Crippen molar-refractivity contribution in [2.75, 3.05) is 19.6 Å². The van der Waals surface area contributed by atoms with Gasteiger partial charge in [-0.15, -0.1) is 0 Å². The highest BCUT2D eigenvalue weighted by molar-refractivity contribution is 5.94. The van der Waals surface area contributed by atoms with Crippen molar-refractivity contribution >= 4 is 5.91 Å². The van der Waals surface area contributed by atoms with Gasteiger partial charge in [0.05, 0.1) is 6.04 Å². The minimum Gasteiger partial charge on any atom is -0.353 e. The molecule has 5 heteroatoms. The molecule has 0 saturated carbocycles. The summed E-state index contributed by atoms with van der Waals surface area (Å²) in [5, 5.41) is 2.96. The Kier molecular flexibility index (Phi) is 4.76. The molecule has 1 fully saturated rings. The minimum absolute atomic E-state index is 0.148. The molecule has 1 amide bonds. The van der Waals surface area contributed by atoms with E-state index in [1.807, 2.05) is 19.3 Å². The van der Waals surface area contributed by atoms with Crippen LogP contribution in [0.4, 0.5) is 4.39 Å². The van der Waals surface area contributed by atoms with Crippen LogP contribution in [0.2, 0.25) is 0 Å². The molecule has 3 rings (SSSR count). The Labute approximate surface area is 135 Å². The number of nitrogens with zero attached hydrogens (tertiary/aromatic N) is 2. The monoisotopic (exact) mass is 315 g/mol. The SMILES string of the molecule is Cn1cccc1[C@H](CNC(=O)c1cccc(F)c1)N1CCCC1. The third kappa shape index (κ3) is 3.62. The van der Waals surface area contributed by atoms with Gasteiger partial charge in [0.15, 0.2) is 0 Å². The summed E-state index contributed by atoms with van der Waals surface area (Å²) in [4.78, 5) is 14.7. The molecule has 4 nitrogen and oxygen atoms in total. The van der Waals surface area contributed by atoms with E-state index in [0.717, 1.165) is 13.1 Å². The Morgan fingerprint density at radius 2 is 2.04 bits per heavy atom. The smallest absolute Gasteiger partial charge is 0.251 e. The van der Waals surface area contributed by atoms with Crippen molar-refractivity contribution in [3.63, 3.8) is 0 Å². The zero-order valence-electron chi connectivity index (χ0n) is 13.3. The summed E-state index contributed by atoms with van der Waals surface area (Å²) in [6.45, 7) is 2.62. The molecule has 1 aromatic carbocycles. The fourth-order valence-corrected chi connectivity index (χ4v) is 3.22. The Bertz CT molecular complexity index is 676. The largest absolute Gasteiger partial charge is 0.353 e. The fourth-order valence-electron chi connectivity index (χ4n) is 3.22. The number of likely N-dealkylation sites (tertiary alicyclic amines) is 1. The van der Waals surface area contributed by atoms with Gasteiger partial charge in [-0.25, -0.2) is 4.39 Å². The van der Waals surface area contributed by atoms with E-state index in [0.29, 0.717) is 12.1 Å². The van der Waals surface area contributed by atoms with Crippen LogP contribution in [0, 0.1) is 5.82 Å². The van der Waals surface area contributed by atoms with E-state index in [1.54, 1.807) is 12.1 Å². The van der Waals surface area contributed by atoms with Crippen LogP contribution in [0.5, 0.6) is 0 Å². The Balaban J connectivity index is 1.71. The second kappa shape index (κ2) is 6.96. The van der Waals surface area contributed by atoms with Crippen molar-refractivity contribution in [2.24, 2.45) is 7.05 Å². The van der Waals surface area contributed by atoms with E-state index in [2.05, 4.69) is 20.9 Å². The maximum absolute atomic E-state index is 13.3. The van der Waals surface area contributed by atoms with E-state index in [4.69, 9.17) is 0 Å². The number of nitrogens with one attached hydrogen (secondary N) is 1. The van der Waals surface area contributed by atoms with Crippen LogP contribution in [0.3, 0.4) is 0 Å². The highest BCUT2D eigenvalue weighted by Gasteiger charge is 2.25. The zero-order chi connectivity index (χ0) is 16.2.